The summed E-state index contributed by atoms with van der Waals surface area (Å²) < 4.78 is 6.21. The molecule has 198 valence electrons. The van der Waals surface area contributed by atoms with Crippen LogP contribution in [0.25, 0.3) is 0 Å². The van der Waals surface area contributed by atoms with Crippen molar-refractivity contribution in [1.29, 1.82) is 0 Å². The second-order valence-corrected chi connectivity index (χ2v) is 11.9. The first kappa shape index (κ1) is 24.8. The molecule has 3 fully saturated rings. The molecule has 0 radical (unpaired) electrons. The summed E-state index contributed by atoms with van der Waals surface area (Å²) in [6.45, 7) is 5.42. The van der Waals surface area contributed by atoms with Crippen molar-refractivity contribution in [2.75, 3.05) is 32.1 Å². The van der Waals surface area contributed by atoms with Crippen LogP contribution in [0.5, 0.6) is 0 Å². The number of rotatable bonds is 4. The zero-order valence-corrected chi connectivity index (χ0v) is 22.4. The number of fused-ring (bicyclic) bond motifs is 1. The smallest absolute Gasteiger partial charge is 0.227 e. The molecule has 0 bridgehead atoms. The molecule has 0 unspecified atom stereocenters. The van der Waals surface area contributed by atoms with Gasteiger partial charge in [-0.2, -0.15) is 0 Å². The van der Waals surface area contributed by atoms with E-state index < -0.39 is 0 Å². The van der Waals surface area contributed by atoms with Crippen LogP contribution in [0, 0.1) is 5.92 Å². The monoisotopic (exact) mass is 503 g/mol. The maximum atomic E-state index is 14.0. The number of amides is 1. The molecule has 2 aromatic rings. The van der Waals surface area contributed by atoms with Gasteiger partial charge in [0.1, 0.15) is 0 Å². The number of nitrogens with one attached hydrogen (secondary N) is 1. The average Bonchev–Trinajstić information content (AvgIpc) is 3.35. The van der Waals surface area contributed by atoms with E-state index in [0.717, 1.165) is 51.1 Å². The molecular weight excluding hydrogens is 462 g/mol. The van der Waals surface area contributed by atoms with E-state index in [-0.39, 0.29) is 29.4 Å². The van der Waals surface area contributed by atoms with Gasteiger partial charge >= 0.3 is 0 Å². The maximum Gasteiger partial charge on any atom is 0.227 e. The molecule has 2 saturated heterocycles. The van der Waals surface area contributed by atoms with Crippen molar-refractivity contribution in [2.24, 2.45) is 5.92 Å². The predicted molar refractivity (Wildman–Crippen MR) is 144 cm³/mol. The number of hydrogen-bond donors (Lipinski definition) is 1. The number of aromatic nitrogens is 2. The third-order valence-corrected chi connectivity index (χ3v) is 9.31. The molecule has 6 rings (SSSR count). The molecule has 3 aliphatic heterocycles. The summed E-state index contributed by atoms with van der Waals surface area (Å²) in [6.07, 6.45) is 10.6. The number of hydrogen-bond acceptors (Lipinski definition) is 6. The first-order valence-corrected chi connectivity index (χ1v) is 14.3. The number of likely N-dealkylation sites (N-methyl/N-ethyl adjacent to an activating group) is 1. The zero-order valence-electron chi connectivity index (χ0n) is 22.4. The summed E-state index contributed by atoms with van der Waals surface area (Å²) >= 11 is 0. The average molecular weight is 504 g/mol. The number of carbonyl (C=O) groups excluding carboxylic acids is 1. The minimum absolute atomic E-state index is 0.00636. The molecule has 1 N–H and O–H groups in total. The molecule has 4 atom stereocenters. The molecule has 4 heterocycles. The fourth-order valence-corrected chi connectivity index (χ4v) is 7.22. The standard InChI is InChI=1S/C30H41N5O2/c1-21-16-23-18-31-29(32-24-11-15-37-30(17-24)12-6-7-13-30)33-27(23)20-35(21)28(36)25-10-14-34(2)19-26(25)22-8-4-3-5-9-22/h3-5,8-9,18,21,24-26H,6-7,10-17,19-20H2,1-2H3,(H,31,32,33)/t21-,24+,25+,26-/m1/s1. The van der Waals surface area contributed by atoms with Crippen LogP contribution < -0.4 is 5.32 Å². The lowest BCUT2D eigenvalue weighted by Crippen LogP contribution is -2.50. The Bertz CT molecular complexity index is 1100. The third-order valence-electron chi connectivity index (χ3n) is 9.31. The zero-order chi connectivity index (χ0) is 25.4. The van der Waals surface area contributed by atoms with Crippen molar-refractivity contribution >= 4 is 11.9 Å². The molecule has 1 aromatic carbocycles. The van der Waals surface area contributed by atoms with Crippen molar-refractivity contribution in [2.45, 2.75) is 88.4 Å². The number of anilines is 1. The van der Waals surface area contributed by atoms with Gasteiger partial charge in [-0.1, -0.05) is 43.2 Å². The van der Waals surface area contributed by atoms with Gasteiger partial charge in [0.15, 0.2) is 0 Å². The van der Waals surface area contributed by atoms with Gasteiger partial charge in [0.25, 0.3) is 0 Å². The lowest BCUT2D eigenvalue weighted by atomic mass is 9.79. The second kappa shape index (κ2) is 10.3. The van der Waals surface area contributed by atoms with Crippen LogP contribution in [0.15, 0.2) is 36.5 Å². The molecule has 1 aliphatic carbocycles. The summed E-state index contributed by atoms with van der Waals surface area (Å²) in [5, 5.41) is 3.62. The van der Waals surface area contributed by atoms with Gasteiger partial charge in [0.05, 0.1) is 17.8 Å². The van der Waals surface area contributed by atoms with Gasteiger partial charge in [-0.05, 0) is 70.2 Å². The van der Waals surface area contributed by atoms with Gasteiger partial charge in [-0.25, -0.2) is 9.97 Å². The fourth-order valence-electron chi connectivity index (χ4n) is 7.22. The SMILES string of the molecule is C[C@@H]1Cc2cnc(N[C@H]3CCOC4(CCCC4)C3)nc2CN1C(=O)[C@H]1CCN(C)C[C@@H]1c1ccccc1. The van der Waals surface area contributed by atoms with E-state index in [9.17, 15) is 4.79 Å². The van der Waals surface area contributed by atoms with Crippen molar-refractivity contribution in [3.05, 3.63) is 53.3 Å². The Labute approximate surface area is 221 Å². The summed E-state index contributed by atoms with van der Waals surface area (Å²) in [6, 6.07) is 11.1. The normalized spacial score (nSPS) is 29.7. The van der Waals surface area contributed by atoms with Gasteiger partial charge in [-0.3, -0.25) is 4.79 Å². The van der Waals surface area contributed by atoms with E-state index in [2.05, 4.69) is 64.4 Å². The first-order valence-electron chi connectivity index (χ1n) is 14.3. The van der Waals surface area contributed by atoms with Crippen LogP contribution in [-0.4, -0.2) is 70.1 Å². The summed E-state index contributed by atoms with van der Waals surface area (Å²) in [7, 11) is 2.16. The molecule has 1 aromatic heterocycles. The Kier molecular flexibility index (Phi) is 6.93. The minimum atomic E-state index is 0.00636. The van der Waals surface area contributed by atoms with Gasteiger partial charge in [0, 0.05) is 43.3 Å². The first-order chi connectivity index (χ1) is 18.0. The van der Waals surface area contributed by atoms with Gasteiger partial charge in [-0.15, -0.1) is 0 Å². The van der Waals surface area contributed by atoms with Crippen LogP contribution in [0.3, 0.4) is 0 Å². The second-order valence-electron chi connectivity index (χ2n) is 11.9. The molecule has 1 saturated carbocycles. The number of nitrogens with zero attached hydrogens (tertiary/aromatic N) is 4. The van der Waals surface area contributed by atoms with Crippen molar-refractivity contribution in [1.82, 2.24) is 19.8 Å². The summed E-state index contributed by atoms with van der Waals surface area (Å²) in [5.74, 6) is 1.20. The van der Waals surface area contributed by atoms with E-state index in [1.807, 2.05) is 6.20 Å². The lowest BCUT2D eigenvalue weighted by molar-refractivity contribution is -0.141. The van der Waals surface area contributed by atoms with Crippen LogP contribution in [0.1, 0.15) is 74.6 Å². The Morgan fingerprint density at radius 1 is 1.16 bits per heavy atom. The Morgan fingerprint density at radius 3 is 2.78 bits per heavy atom. The van der Waals surface area contributed by atoms with Crippen LogP contribution in [-0.2, 0) is 22.5 Å². The number of benzene rings is 1. The highest BCUT2D eigenvalue weighted by Gasteiger charge is 2.41. The van der Waals surface area contributed by atoms with E-state index in [1.165, 1.54) is 36.8 Å². The molecule has 7 nitrogen and oxygen atoms in total. The predicted octanol–water partition coefficient (Wildman–Crippen LogP) is 4.39. The van der Waals surface area contributed by atoms with Crippen molar-refractivity contribution in [3.63, 3.8) is 0 Å². The molecule has 37 heavy (non-hydrogen) atoms. The van der Waals surface area contributed by atoms with Crippen LogP contribution in [0.2, 0.25) is 0 Å². The van der Waals surface area contributed by atoms with E-state index in [4.69, 9.17) is 9.72 Å². The van der Waals surface area contributed by atoms with E-state index in [0.29, 0.717) is 18.5 Å². The molecule has 1 amide bonds. The maximum absolute atomic E-state index is 14.0. The van der Waals surface area contributed by atoms with Crippen molar-refractivity contribution < 1.29 is 9.53 Å². The number of likely N-dealkylation sites (tertiary alicyclic amines) is 1. The summed E-state index contributed by atoms with van der Waals surface area (Å²) in [5.41, 5.74) is 3.49. The van der Waals surface area contributed by atoms with Gasteiger partial charge in [0.2, 0.25) is 11.9 Å². The third kappa shape index (κ3) is 5.13. The summed E-state index contributed by atoms with van der Waals surface area (Å²) in [4.78, 5) is 28.1. The number of piperidine rings is 1. The number of carbonyl (C=O) groups is 1. The number of ether oxygens (including phenoxy) is 1. The molecular formula is C30H41N5O2. The van der Waals surface area contributed by atoms with Crippen LogP contribution in [0.4, 0.5) is 5.95 Å². The largest absolute Gasteiger partial charge is 0.375 e. The van der Waals surface area contributed by atoms with Crippen molar-refractivity contribution in [3.8, 4) is 0 Å². The molecule has 4 aliphatic rings. The highest BCUT2D eigenvalue weighted by molar-refractivity contribution is 5.80. The highest BCUT2D eigenvalue weighted by atomic mass is 16.5. The van der Waals surface area contributed by atoms with E-state index in [1.54, 1.807) is 0 Å². The van der Waals surface area contributed by atoms with Gasteiger partial charge < -0.3 is 19.9 Å². The topological polar surface area (TPSA) is 70.6 Å². The quantitative estimate of drug-likeness (QED) is 0.667. The Balaban J connectivity index is 1.18. The van der Waals surface area contributed by atoms with Crippen LogP contribution >= 0.6 is 0 Å². The Hall–Kier alpha value is -2.51. The van der Waals surface area contributed by atoms with E-state index >= 15 is 0 Å². The minimum Gasteiger partial charge on any atom is -0.375 e. The lowest BCUT2D eigenvalue weighted by Gasteiger charge is -2.42. The Morgan fingerprint density at radius 2 is 1.97 bits per heavy atom. The molecule has 7 heteroatoms. The highest BCUT2D eigenvalue weighted by Crippen LogP contribution is 2.41. The fraction of sp³-hybridized carbons (Fsp3) is 0.633. The molecule has 1 spiro atoms.